The van der Waals surface area contributed by atoms with Crippen molar-refractivity contribution in [2.45, 2.75) is 64.1 Å². The molecule has 0 aromatic carbocycles. The van der Waals surface area contributed by atoms with Crippen LogP contribution in [0.15, 0.2) is 0 Å². The quantitative estimate of drug-likeness (QED) is 0.800. The lowest BCUT2D eigenvalue weighted by atomic mass is 9.86. The molecule has 1 saturated carbocycles. The van der Waals surface area contributed by atoms with Crippen LogP contribution in [-0.4, -0.2) is 43.4 Å². The Bertz CT molecular complexity index is 327. The molecule has 0 atom stereocenters. The Balaban J connectivity index is 1.36. The van der Waals surface area contributed by atoms with Crippen LogP contribution in [0.4, 0.5) is 0 Å². The second-order valence-electron chi connectivity index (χ2n) is 6.87. The number of likely N-dealkylation sites (tertiary alicyclic amines) is 1. The van der Waals surface area contributed by atoms with Crippen molar-refractivity contribution in [3.05, 3.63) is 0 Å². The maximum atomic E-state index is 12.3. The third kappa shape index (κ3) is 4.19. The summed E-state index contributed by atoms with van der Waals surface area (Å²) >= 11 is 0. The highest BCUT2D eigenvalue weighted by Gasteiger charge is 2.31. The van der Waals surface area contributed by atoms with Gasteiger partial charge < -0.3 is 14.4 Å². The van der Waals surface area contributed by atoms with E-state index in [0.29, 0.717) is 11.8 Å². The Morgan fingerprint density at radius 2 is 1.62 bits per heavy atom. The number of rotatable bonds is 4. The van der Waals surface area contributed by atoms with E-state index in [-0.39, 0.29) is 6.29 Å². The smallest absolute Gasteiger partial charge is 0.222 e. The predicted octanol–water partition coefficient (Wildman–Crippen LogP) is 2.96. The summed E-state index contributed by atoms with van der Waals surface area (Å²) < 4.78 is 11.2. The number of hydrogen-bond acceptors (Lipinski definition) is 3. The second kappa shape index (κ2) is 7.59. The van der Waals surface area contributed by atoms with Crippen molar-refractivity contribution < 1.29 is 14.3 Å². The van der Waals surface area contributed by atoms with E-state index < -0.39 is 0 Å². The van der Waals surface area contributed by atoms with Crippen molar-refractivity contribution in [2.75, 3.05) is 26.3 Å². The van der Waals surface area contributed by atoms with Crippen LogP contribution in [0.25, 0.3) is 0 Å². The van der Waals surface area contributed by atoms with E-state index in [1.54, 1.807) is 0 Å². The van der Waals surface area contributed by atoms with Gasteiger partial charge in [0, 0.05) is 25.4 Å². The lowest BCUT2D eigenvalue weighted by Gasteiger charge is -2.34. The third-order valence-electron chi connectivity index (χ3n) is 5.42. The Hall–Kier alpha value is -0.610. The average Bonchev–Trinajstić information content (AvgIpc) is 3.08. The van der Waals surface area contributed by atoms with Crippen molar-refractivity contribution in [1.82, 2.24) is 4.90 Å². The van der Waals surface area contributed by atoms with Gasteiger partial charge in [0.05, 0.1) is 13.2 Å². The molecule has 1 amide bonds. The van der Waals surface area contributed by atoms with E-state index in [1.165, 1.54) is 32.1 Å². The Labute approximate surface area is 128 Å². The first-order valence-corrected chi connectivity index (χ1v) is 8.84. The number of piperidine rings is 1. The molecule has 0 N–H and O–H groups in total. The zero-order valence-electron chi connectivity index (χ0n) is 13.1. The third-order valence-corrected chi connectivity index (χ3v) is 5.42. The fraction of sp³-hybridized carbons (Fsp3) is 0.941. The maximum absolute atomic E-state index is 12.3. The molecule has 2 heterocycles. The van der Waals surface area contributed by atoms with Gasteiger partial charge in [-0.25, -0.2) is 0 Å². The molecule has 3 aliphatic rings. The summed E-state index contributed by atoms with van der Waals surface area (Å²) in [4.78, 5) is 14.4. The number of amides is 1. The van der Waals surface area contributed by atoms with Crippen LogP contribution in [0, 0.1) is 11.8 Å². The topological polar surface area (TPSA) is 38.8 Å². The fourth-order valence-electron chi connectivity index (χ4n) is 4.03. The molecule has 4 heteroatoms. The van der Waals surface area contributed by atoms with E-state index in [0.717, 1.165) is 57.9 Å². The molecule has 2 saturated heterocycles. The summed E-state index contributed by atoms with van der Waals surface area (Å²) in [5.74, 6) is 1.66. The molecule has 0 radical (unpaired) electrons. The fourth-order valence-corrected chi connectivity index (χ4v) is 4.03. The van der Waals surface area contributed by atoms with Gasteiger partial charge in [-0.15, -0.1) is 0 Å². The number of ether oxygens (including phenoxy) is 2. The molecule has 21 heavy (non-hydrogen) atoms. The highest BCUT2D eigenvalue weighted by atomic mass is 16.7. The Kier molecular flexibility index (Phi) is 5.53. The van der Waals surface area contributed by atoms with Crippen LogP contribution in [0.5, 0.6) is 0 Å². The van der Waals surface area contributed by atoms with E-state index in [1.807, 2.05) is 0 Å². The molecule has 3 fully saturated rings. The summed E-state index contributed by atoms with van der Waals surface area (Å²) in [6.45, 7) is 3.23. The molecule has 0 bridgehead atoms. The van der Waals surface area contributed by atoms with Gasteiger partial charge in [0.1, 0.15) is 0 Å². The van der Waals surface area contributed by atoms with Crippen LogP contribution in [0.3, 0.4) is 0 Å². The molecule has 0 aromatic rings. The van der Waals surface area contributed by atoms with Crippen LogP contribution in [-0.2, 0) is 14.3 Å². The highest BCUT2D eigenvalue weighted by Crippen LogP contribution is 2.29. The number of carbonyl (C=O) groups is 1. The van der Waals surface area contributed by atoms with E-state index in [4.69, 9.17) is 9.47 Å². The molecular weight excluding hydrogens is 266 g/mol. The SMILES string of the molecule is O=C(CCC1CCCCC1)N1CCC(C2OCCO2)CC1. The Morgan fingerprint density at radius 1 is 0.952 bits per heavy atom. The minimum absolute atomic E-state index is 0.00973. The molecule has 1 aliphatic carbocycles. The first kappa shape index (κ1) is 15.3. The first-order chi connectivity index (χ1) is 10.3. The van der Waals surface area contributed by atoms with E-state index in [2.05, 4.69) is 4.90 Å². The van der Waals surface area contributed by atoms with Gasteiger partial charge in [-0.05, 0) is 25.2 Å². The summed E-state index contributed by atoms with van der Waals surface area (Å²) in [6, 6.07) is 0. The summed E-state index contributed by atoms with van der Waals surface area (Å²) in [5.41, 5.74) is 0. The van der Waals surface area contributed by atoms with Crippen LogP contribution < -0.4 is 0 Å². The number of hydrogen-bond donors (Lipinski definition) is 0. The number of carbonyl (C=O) groups excluding carboxylic acids is 1. The van der Waals surface area contributed by atoms with Crippen LogP contribution in [0.2, 0.25) is 0 Å². The minimum atomic E-state index is -0.00973. The van der Waals surface area contributed by atoms with Crippen LogP contribution >= 0.6 is 0 Å². The second-order valence-corrected chi connectivity index (χ2v) is 6.87. The summed E-state index contributed by atoms with van der Waals surface area (Å²) in [5, 5.41) is 0. The average molecular weight is 295 g/mol. The van der Waals surface area contributed by atoms with Crippen molar-refractivity contribution in [3.8, 4) is 0 Å². The summed E-state index contributed by atoms with van der Waals surface area (Å²) in [6.07, 6.45) is 10.7. The van der Waals surface area contributed by atoms with Crippen molar-refractivity contribution in [1.29, 1.82) is 0 Å². The van der Waals surface area contributed by atoms with Crippen molar-refractivity contribution in [3.63, 3.8) is 0 Å². The van der Waals surface area contributed by atoms with Crippen molar-refractivity contribution >= 4 is 5.91 Å². The van der Waals surface area contributed by atoms with Gasteiger partial charge in [-0.2, -0.15) is 0 Å². The largest absolute Gasteiger partial charge is 0.350 e. The highest BCUT2D eigenvalue weighted by molar-refractivity contribution is 5.76. The zero-order chi connectivity index (χ0) is 14.5. The lowest BCUT2D eigenvalue weighted by molar-refractivity contribution is -0.137. The standard InChI is InChI=1S/C17H29NO3/c19-16(7-6-14-4-2-1-3-5-14)18-10-8-15(9-11-18)17-20-12-13-21-17/h14-15,17H,1-13H2. The first-order valence-electron chi connectivity index (χ1n) is 8.84. The lowest BCUT2D eigenvalue weighted by Crippen LogP contribution is -2.41. The molecule has 120 valence electrons. The van der Waals surface area contributed by atoms with Gasteiger partial charge in [-0.3, -0.25) is 4.79 Å². The molecule has 4 nitrogen and oxygen atoms in total. The van der Waals surface area contributed by atoms with Crippen LogP contribution in [0.1, 0.15) is 57.8 Å². The minimum Gasteiger partial charge on any atom is -0.350 e. The molecule has 2 aliphatic heterocycles. The molecule has 0 unspecified atom stereocenters. The summed E-state index contributed by atoms with van der Waals surface area (Å²) in [7, 11) is 0. The van der Waals surface area contributed by atoms with Gasteiger partial charge in [0.15, 0.2) is 6.29 Å². The molecular formula is C17H29NO3. The van der Waals surface area contributed by atoms with E-state index in [9.17, 15) is 4.79 Å². The van der Waals surface area contributed by atoms with Gasteiger partial charge in [-0.1, -0.05) is 32.1 Å². The van der Waals surface area contributed by atoms with Gasteiger partial charge in [0.2, 0.25) is 5.91 Å². The zero-order valence-corrected chi connectivity index (χ0v) is 13.1. The van der Waals surface area contributed by atoms with E-state index >= 15 is 0 Å². The maximum Gasteiger partial charge on any atom is 0.222 e. The monoisotopic (exact) mass is 295 g/mol. The Morgan fingerprint density at radius 3 is 2.29 bits per heavy atom. The number of nitrogens with zero attached hydrogens (tertiary/aromatic N) is 1. The molecule has 0 aromatic heterocycles. The molecule has 3 rings (SSSR count). The normalized spacial score (nSPS) is 26.4. The van der Waals surface area contributed by atoms with Gasteiger partial charge >= 0.3 is 0 Å². The molecule has 0 spiro atoms. The van der Waals surface area contributed by atoms with Crippen molar-refractivity contribution in [2.24, 2.45) is 11.8 Å². The predicted molar refractivity (Wildman–Crippen MR) is 80.8 cm³/mol. The van der Waals surface area contributed by atoms with Gasteiger partial charge in [0.25, 0.3) is 0 Å².